The quantitative estimate of drug-likeness (QED) is 0.131. The zero-order chi connectivity index (χ0) is 34.0. The molecule has 0 bridgehead atoms. The van der Waals surface area contributed by atoms with Gasteiger partial charge in [-0.1, -0.05) is 11.3 Å². The minimum absolute atomic E-state index is 0.373. The second kappa shape index (κ2) is 16.1. The van der Waals surface area contributed by atoms with Crippen LogP contribution in [0.5, 0.6) is 11.5 Å². The number of carbonyl (C=O) groups is 2. The Bertz CT molecular complexity index is 1860. The molecule has 1 saturated heterocycles. The SMILES string of the molecule is CC(=O)O.COc1cc2c(Nc3ccc4nc(NC(=O)Nc5ccc(F)cc5)sc4c3)ncnc2cc1OCCCN1CCN(C)CC1. The third kappa shape index (κ3) is 9.47. The Hall–Kier alpha value is -5.12. The molecule has 0 spiro atoms. The highest BCUT2D eigenvalue weighted by Gasteiger charge is 2.15. The highest BCUT2D eigenvalue weighted by atomic mass is 32.1. The van der Waals surface area contributed by atoms with E-state index in [0.717, 1.165) is 72.9 Å². The van der Waals surface area contributed by atoms with Crippen LogP contribution in [0.4, 0.5) is 31.5 Å². The number of carboxylic acids is 1. The smallest absolute Gasteiger partial charge is 0.325 e. The molecule has 0 saturated carbocycles. The second-order valence-corrected chi connectivity index (χ2v) is 12.1. The molecule has 252 valence electrons. The predicted octanol–water partition coefficient (Wildman–Crippen LogP) is 5.88. The fraction of sp³-hybridized carbons (Fsp3) is 0.303. The molecule has 3 heterocycles. The molecule has 2 aromatic heterocycles. The summed E-state index contributed by atoms with van der Waals surface area (Å²) in [5.41, 5.74) is 2.74. The van der Waals surface area contributed by atoms with Crippen molar-refractivity contribution in [2.45, 2.75) is 13.3 Å². The Morgan fingerprint density at radius 1 is 0.958 bits per heavy atom. The average Bonchev–Trinajstić information content (AvgIpc) is 3.46. The number of nitrogens with zero attached hydrogens (tertiary/aromatic N) is 5. The van der Waals surface area contributed by atoms with Crippen molar-refractivity contribution < 1.29 is 28.6 Å². The second-order valence-electron chi connectivity index (χ2n) is 11.0. The van der Waals surface area contributed by atoms with Crippen molar-refractivity contribution in [1.82, 2.24) is 24.8 Å². The number of methoxy groups -OCH3 is 1. The van der Waals surface area contributed by atoms with Crippen molar-refractivity contribution >= 4 is 66.8 Å². The number of carboxylic acid groups (broad SMARTS) is 1. The third-order valence-corrected chi connectivity index (χ3v) is 8.30. The number of benzene rings is 3. The van der Waals surface area contributed by atoms with Crippen LogP contribution in [0.25, 0.3) is 21.1 Å². The van der Waals surface area contributed by atoms with E-state index in [2.05, 4.69) is 47.7 Å². The number of amides is 2. The van der Waals surface area contributed by atoms with Crippen molar-refractivity contribution in [1.29, 1.82) is 0 Å². The summed E-state index contributed by atoms with van der Waals surface area (Å²) in [6.07, 6.45) is 2.44. The highest BCUT2D eigenvalue weighted by Crippen LogP contribution is 2.36. The minimum Gasteiger partial charge on any atom is -0.493 e. The monoisotopic (exact) mass is 676 g/mol. The number of aliphatic carboxylic acids is 1. The van der Waals surface area contributed by atoms with Crippen LogP contribution in [0.2, 0.25) is 0 Å². The van der Waals surface area contributed by atoms with Crippen LogP contribution in [0.15, 0.2) is 60.9 Å². The topological polar surface area (TPSA) is 154 Å². The van der Waals surface area contributed by atoms with Gasteiger partial charge in [0, 0.05) is 62.5 Å². The van der Waals surface area contributed by atoms with Crippen LogP contribution in [0.1, 0.15) is 13.3 Å². The number of nitrogens with one attached hydrogen (secondary N) is 3. The van der Waals surface area contributed by atoms with Gasteiger partial charge in [0.1, 0.15) is 18.0 Å². The molecule has 0 radical (unpaired) electrons. The molecule has 0 atom stereocenters. The van der Waals surface area contributed by atoms with Gasteiger partial charge in [0.2, 0.25) is 0 Å². The van der Waals surface area contributed by atoms with Gasteiger partial charge < -0.3 is 35.0 Å². The summed E-state index contributed by atoms with van der Waals surface area (Å²) in [5, 5.41) is 17.4. The number of hydrogen-bond donors (Lipinski definition) is 4. The first-order valence-electron chi connectivity index (χ1n) is 15.2. The van der Waals surface area contributed by atoms with E-state index >= 15 is 0 Å². The Morgan fingerprint density at radius 3 is 2.42 bits per heavy atom. The lowest BCUT2D eigenvalue weighted by molar-refractivity contribution is -0.134. The fourth-order valence-electron chi connectivity index (χ4n) is 4.96. The van der Waals surface area contributed by atoms with Gasteiger partial charge >= 0.3 is 6.03 Å². The predicted molar refractivity (Wildman–Crippen MR) is 185 cm³/mol. The Morgan fingerprint density at radius 2 is 1.69 bits per heavy atom. The average molecular weight is 677 g/mol. The Balaban J connectivity index is 0.00000107. The van der Waals surface area contributed by atoms with E-state index in [1.54, 1.807) is 7.11 Å². The van der Waals surface area contributed by atoms with E-state index in [9.17, 15) is 9.18 Å². The molecule has 1 aliphatic heterocycles. The van der Waals surface area contributed by atoms with E-state index in [-0.39, 0.29) is 5.82 Å². The number of halogens is 1. The number of anilines is 4. The first kappa shape index (κ1) is 34.2. The van der Waals surface area contributed by atoms with Crippen LogP contribution >= 0.6 is 11.3 Å². The molecule has 15 heteroatoms. The van der Waals surface area contributed by atoms with E-state index < -0.39 is 12.0 Å². The van der Waals surface area contributed by atoms with Crippen LogP contribution in [0, 0.1) is 5.82 Å². The van der Waals surface area contributed by atoms with Crippen molar-refractivity contribution in [2.24, 2.45) is 0 Å². The lowest BCUT2D eigenvalue weighted by Crippen LogP contribution is -2.44. The van der Waals surface area contributed by atoms with Gasteiger partial charge in [-0.05, 0) is 62.0 Å². The Kier molecular flexibility index (Phi) is 11.5. The first-order valence-corrected chi connectivity index (χ1v) is 16.1. The summed E-state index contributed by atoms with van der Waals surface area (Å²) < 4.78 is 25.8. The summed E-state index contributed by atoms with van der Waals surface area (Å²) in [6.45, 7) is 7.06. The number of piperazine rings is 1. The maximum Gasteiger partial charge on any atom is 0.325 e. The molecular formula is C33H37FN8O5S. The number of rotatable bonds is 10. The molecule has 3 aromatic carbocycles. The summed E-state index contributed by atoms with van der Waals surface area (Å²) in [7, 11) is 3.78. The molecule has 4 N–H and O–H groups in total. The number of urea groups is 1. The van der Waals surface area contributed by atoms with Gasteiger partial charge in [0.25, 0.3) is 5.97 Å². The fourth-order valence-corrected chi connectivity index (χ4v) is 5.86. The molecule has 1 aliphatic rings. The molecule has 13 nitrogen and oxygen atoms in total. The number of thiazole rings is 1. The van der Waals surface area contributed by atoms with E-state index in [1.165, 1.54) is 41.9 Å². The molecule has 2 amide bonds. The maximum atomic E-state index is 13.1. The van der Waals surface area contributed by atoms with Gasteiger partial charge in [0.15, 0.2) is 16.6 Å². The lowest BCUT2D eigenvalue weighted by atomic mass is 10.2. The number of carbonyl (C=O) groups excluding carboxylic acids is 1. The van der Waals surface area contributed by atoms with Crippen LogP contribution in [0.3, 0.4) is 0 Å². The normalized spacial score (nSPS) is 13.4. The van der Waals surface area contributed by atoms with Gasteiger partial charge in [0.05, 0.1) is 29.5 Å². The minimum atomic E-state index is -0.833. The maximum absolute atomic E-state index is 13.1. The number of ether oxygens (including phenoxy) is 2. The summed E-state index contributed by atoms with van der Waals surface area (Å²) in [6, 6.07) is 14.6. The summed E-state index contributed by atoms with van der Waals surface area (Å²) in [4.78, 5) is 39.7. The molecule has 1 fully saturated rings. The van der Waals surface area contributed by atoms with E-state index in [0.29, 0.717) is 34.7 Å². The third-order valence-electron chi connectivity index (χ3n) is 7.37. The molecule has 0 aliphatic carbocycles. The highest BCUT2D eigenvalue weighted by molar-refractivity contribution is 7.22. The standard InChI is InChI=1S/C31H33FN8O3S.C2H4O2/c1-39-11-13-40(14-12-39)10-3-15-43-27-18-25-23(17-26(27)42-2)29(34-19-33-25)35-22-8-9-24-28(16-22)44-31(37-24)38-30(41)36-21-6-4-20(32)5-7-21;1-2(3)4/h4-9,16-19H,3,10-15H2,1-2H3,(H,33,34,35)(H2,36,37,38,41);1H3,(H,3,4). The largest absolute Gasteiger partial charge is 0.493 e. The lowest BCUT2D eigenvalue weighted by Gasteiger charge is -2.32. The van der Waals surface area contributed by atoms with Gasteiger partial charge in [-0.3, -0.25) is 10.1 Å². The Labute approximate surface area is 280 Å². The van der Waals surface area contributed by atoms with Crippen molar-refractivity contribution in [3.63, 3.8) is 0 Å². The van der Waals surface area contributed by atoms with Crippen molar-refractivity contribution in [3.8, 4) is 11.5 Å². The summed E-state index contributed by atoms with van der Waals surface area (Å²) in [5.74, 6) is 0.679. The van der Waals surface area contributed by atoms with Crippen LogP contribution in [-0.4, -0.2) is 95.3 Å². The van der Waals surface area contributed by atoms with E-state index in [4.69, 9.17) is 19.4 Å². The summed E-state index contributed by atoms with van der Waals surface area (Å²) >= 11 is 1.34. The van der Waals surface area contributed by atoms with Crippen molar-refractivity contribution in [3.05, 3.63) is 66.7 Å². The van der Waals surface area contributed by atoms with Gasteiger partial charge in [-0.15, -0.1) is 0 Å². The van der Waals surface area contributed by atoms with Crippen molar-refractivity contribution in [2.75, 3.05) is 69.4 Å². The van der Waals surface area contributed by atoms with Gasteiger partial charge in [-0.25, -0.2) is 24.1 Å². The first-order chi connectivity index (χ1) is 23.2. The van der Waals surface area contributed by atoms with Gasteiger partial charge in [-0.2, -0.15) is 0 Å². The number of aromatic nitrogens is 3. The zero-order valence-corrected chi connectivity index (χ0v) is 27.6. The molecule has 48 heavy (non-hydrogen) atoms. The molecule has 6 rings (SSSR count). The van der Waals surface area contributed by atoms with E-state index in [1.807, 2.05) is 30.3 Å². The number of hydrogen-bond acceptors (Lipinski definition) is 11. The zero-order valence-electron chi connectivity index (χ0n) is 26.8. The van der Waals surface area contributed by atoms with Crippen LogP contribution < -0.4 is 25.4 Å². The molecule has 0 unspecified atom stereocenters. The van der Waals surface area contributed by atoms with Crippen LogP contribution in [-0.2, 0) is 4.79 Å². The number of likely N-dealkylation sites (N-methyl/N-ethyl adjacent to an activating group) is 1. The molecule has 5 aromatic rings. The number of fused-ring (bicyclic) bond motifs is 2. The molecular weight excluding hydrogens is 639 g/mol.